The summed E-state index contributed by atoms with van der Waals surface area (Å²) < 4.78 is 10.7. The quantitative estimate of drug-likeness (QED) is 0.129. The lowest BCUT2D eigenvalue weighted by Gasteiger charge is -2.22. The molecular weight excluding hydrogens is 596 g/mol. The Morgan fingerprint density at radius 2 is 1.34 bits per heavy atom. The average Bonchev–Trinajstić information content (AvgIpc) is 3.09. The van der Waals surface area contributed by atoms with E-state index in [0.717, 1.165) is 5.56 Å². The van der Waals surface area contributed by atoms with Crippen LogP contribution in [0.2, 0.25) is 0 Å². The maximum Gasteiger partial charge on any atom is 0.343 e. The number of carboxylic acids is 1. The third-order valence-corrected chi connectivity index (χ3v) is 8.28. The minimum absolute atomic E-state index is 0.0301. The molecule has 5 rings (SSSR count). The molecule has 0 unspecified atom stereocenters. The molecule has 0 aliphatic heterocycles. The van der Waals surface area contributed by atoms with E-state index in [1.165, 1.54) is 42.6 Å². The third kappa shape index (κ3) is 9.29. The molecule has 4 aromatic carbocycles. The van der Waals surface area contributed by atoms with Gasteiger partial charge in [-0.2, -0.15) is 0 Å². The fourth-order valence-corrected chi connectivity index (χ4v) is 5.75. The molecule has 0 bridgehead atoms. The molecule has 1 aliphatic rings. The van der Waals surface area contributed by atoms with Crippen LogP contribution in [-0.2, 0) is 22.6 Å². The van der Waals surface area contributed by atoms with E-state index < -0.39 is 24.4 Å². The largest absolute Gasteiger partial charge is 0.497 e. The highest BCUT2D eigenvalue weighted by Crippen LogP contribution is 2.32. The summed E-state index contributed by atoms with van der Waals surface area (Å²) in [6.45, 7) is -0.477. The van der Waals surface area contributed by atoms with Crippen LogP contribution in [0.3, 0.4) is 0 Å². The number of benzene rings is 4. The molecule has 1 saturated carbocycles. The fraction of sp³-hybridized carbons (Fsp3) is 0.263. The number of methoxy groups -OCH3 is 1. The molecule has 47 heavy (non-hydrogen) atoms. The van der Waals surface area contributed by atoms with E-state index >= 15 is 0 Å². The van der Waals surface area contributed by atoms with Crippen LogP contribution < -0.4 is 14.8 Å². The first-order chi connectivity index (χ1) is 22.8. The highest BCUT2D eigenvalue weighted by atomic mass is 16.5. The molecule has 1 fully saturated rings. The van der Waals surface area contributed by atoms with E-state index in [1.807, 2.05) is 24.3 Å². The molecule has 9 heteroatoms. The Hall–Kier alpha value is -5.44. The molecule has 2 amide bonds. The number of esters is 1. The number of carbonyl (C=O) groups is 4. The summed E-state index contributed by atoms with van der Waals surface area (Å²) in [4.78, 5) is 51.4. The van der Waals surface area contributed by atoms with Gasteiger partial charge in [0.05, 0.1) is 19.1 Å². The number of rotatable bonds is 12. The number of hydrogen-bond acceptors (Lipinski definition) is 6. The number of amides is 2. The van der Waals surface area contributed by atoms with Crippen LogP contribution in [0.15, 0.2) is 97.1 Å². The fourth-order valence-electron chi connectivity index (χ4n) is 5.75. The molecule has 0 spiro atoms. The Morgan fingerprint density at radius 1 is 0.745 bits per heavy atom. The van der Waals surface area contributed by atoms with Crippen LogP contribution in [0, 0.1) is 0 Å². The lowest BCUT2D eigenvalue weighted by molar-refractivity contribution is -0.137. The number of anilines is 1. The molecule has 0 atom stereocenters. The van der Waals surface area contributed by atoms with Crippen molar-refractivity contribution in [3.8, 4) is 11.5 Å². The Balaban J connectivity index is 1.16. The summed E-state index contributed by atoms with van der Waals surface area (Å²) in [5.41, 5.74) is 4.00. The van der Waals surface area contributed by atoms with Gasteiger partial charge in [-0.3, -0.25) is 14.4 Å². The van der Waals surface area contributed by atoms with E-state index in [0.29, 0.717) is 34.2 Å². The summed E-state index contributed by atoms with van der Waals surface area (Å²) in [6.07, 6.45) is 6.32. The van der Waals surface area contributed by atoms with Gasteiger partial charge in [0.15, 0.2) is 0 Å². The maximum atomic E-state index is 13.3. The lowest BCUT2D eigenvalue weighted by Crippen LogP contribution is -2.35. The molecule has 0 radical (unpaired) electrons. The minimum atomic E-state index is -1.15. The maximum absolute atomic E-state index is 13.3. The monoisotopic (exact) mass is 634 g/mol. The number of hydrogen-bond donors (Lipinski definition) is 2. The van der Waals surface area contributed by atoms with Crippen LogP contribution in [0.1, 0.15) is 75.4 Å². The molecular formula is C38H38N2O7. The number of carbonyl (C=O) groups excluding carboxylic acids is 3. The number of nitrogens with zero attached hydrogens (tertiary/aromatic N) is 1. The van der Waals surface area contributed by atoms with Crippen LogP contribution >= 0.6 is 0 Å². The van der Waals surface area contributed by atoms with Gasteiger partial charge in [-0.1, -0.05) is 55.7 Å². The smallest absolute Gasteiger partial charge is 0.343 e. The van der Waals surface area contributed by atoms with Crippen molar-refractivity contribution in [3.63, 3.8) is 0 Å². The van der Waals surface area contributed by atoms with Crippen molar-refractivity contribution in [1.82, 2.24) is 4.90 Å². The normalized spacial score (nSPS) is 13.0. The molecule has 242 valence electrons. The van der Waals surface area contributed by atoms with Crippen molar-refractivity contribution in [2.75, 3.05) is 19.0 Å². The van der Waals surface area contributed by atoms with E-state index in [9.17, 15) is 24.3 Å². The van der Waals surface area contributed by atoms with Crippen molar-refractivity contribution >= 4 is 29.4 Å². The molecule has 1 aliphatic carbocycles. The third-order valence-electron chi connectivity index (χ3n) is 8.28. The van der Waals surface area contributed by atoms with Gasteiger partial charge < -0.3 is 24.8 Å². The summed E-state index contributed by atoms with van der Waals surface area (Å²) in [5, 5.41) is 12.3. The summed E-state index contributed by atoms with van der Waals surface area (Å²) in [7, 11) is 1.58. The molecule has 0 saturated heterocycles. The highest BCUT2D eigenvalue weighted by Gasteiger charge is 2.20. The average molecular weight is 635 g/mol. The summed E-state index contributed by atoms with van der Waals surface area (Å²) in [5.74, 6) is -0.709. The second-order valence-electron chi connectivity index (χ2n) is 11.7. The Kier molecular flexibility index (Phi) is 11.0. The number of carboxylic acid groups (broad SMARTS) is 1. The standard InChI is InChI=1S/C38H38N2O7/c1-46-33-19-7-26(8-20-33)23-35(41)39-32-17-15-30(16-18-32)37(44)40(25-36(42)43)24-27-9-21-34(22-10-27)47-38(45)31-13-11-29(12-14-31)28-5-3-2-4-6-28/h7-22,28H,2-6,23-25H2,1H3,(H,39,41)(H,42,43). The van der Waals surface area contributed by atoms with E-state index in [1.54, 1.807) is 79.9 Å². The van der Waals surface area contributed by atoms with Gasteiger partial charge in [0.1, 0.15) is 18.0 Å². The van der Waals surface area contributed by atoms with Gasteiger partial charge in [0, 0.05) is 17.8 Å². The topological polar surface area (TPSA) is 122 Å². The van der Waals surface area contributed by atoms with Gasteiger partial charge >= 0.3 is 11.9 Å². The number of aliphatic carboxylic acids is 1. The molecule has 9 nitrogen and oxygen atoms in total. The number of nitrogens with one attached hydrogen (secondary N) is 1. The Labute approximate surface area is 274 Å². The predicted octanol–water partition coefficient (Wildman–Crippen LogP) is 6.87. The van der Waals surface area contributed by atoms with Crippen LogP contribution in [0.4, 0.5) is 5.69 Å². The molecule has 2 N–H and O–H groups in total. The Morgan fingerprint density at radius 3 is 1.96 bits per heavy atom. The van der Waals surface area contributed by atoms with E-state index in [-0.39, 0.29) is 24.4 Å². The molecule has 4 aromatic rings. The van der Waals surface area contributed by atoms with Gasteiger partial charge in [-0.25, -0.2) is 4.79 Å². The van der Waals surface area contributed by atoms with Crippen LogP contribution in [0.25, 0.3) is 0 Å². The van der Waals surface area contributed by atoms with Crippen molar-refractivity contribution in [2.45, 2.75) is 51.0 Å². The first-order valence-corrected chi connectivity index (χ1v) is 15.7. The zero-order valence-electron chi connectivity index (χ0n) is 26.3. The van der Waals surface area contributed by atoms with Gasteiger partial charge in [0.25, 0.3) is 5.91 Å². The van der Waals surface area contributed by atoms with Crippen molar-refractivity contribution in [1.29, 1.82) is 0 Å². The molecule has 0 aromatic heterocycles. The van der Waals surface area contributed by atoms with Crippen LogP contribution in [0.5, 0.6) is 11.5 Å². The minimum Gasteiger partial charge on any atom is -0.497 e. The first kappa shape index (κ1) is 32.9. The van der Waals surface area contributed by atoms with E-state index in [2.05, 4.69) is 5.32 Å². The lowest BCUT2D eigenvalue weighted by atomic mass is 9.84. The second-order valence-corrected chi connectivity index (χ2v) is 11.7. The highest BCUT2D eigenvalue weighted by molar-refractivity contribution is 5.97. The Bertz CT molecular complexity index is 1680. The summed E-state index contributed by atoms with van der Waals surface area (Å²) in [6, 6.07) is 27.8. The van der Waals surface area contributed by atoms with Crippen LogP contribution in [-0.4, -0.2) is 47.4 Å². The van der Waals surface area contributed by atoms with Gasteiger partial charge in [-0.05, 0) is 96.1 Å². The van der Waals surface area contributed by atoms with Crippen molar-refractivity contribution in [2.24, 2.45) is 0 Å². The number of ether oxygens (including phenoxy) is 2. The van der Waals surface area contributed by atoms with E-state index in [4.69, 9.17) is 9.47 Å². The zero-order valence-corrected chi connectivity index (χ0v) is 26.3. The van der Waals surface area contributed by atoms with Crippen molar-refractivity contribution < 1.29 is 33.8 Å². The second kappa shape index (κ2) is 15.7. The predicted molar refractivity (Wildman–Crippen MR) is 178 cm³/mol. The van der Waals surface area contributed by atoms with Gasteiger partial charge in [0.2, 0.25) is 5.91 Å². The SMILES string of the molecule is COc1ccc(CC(=O)Nc2ccc(C(=O)N(CC(=O)O)Cc3ccc(OC(=O)c4ccc(C5CCCCC5)cc4)cc3)cc2)cc1. The zero-order chi connectivity index (χ0) is 33.2. The van der Waals surface area contributed by atoms with Gasteiger partial charge in [-0.15, -0.1) is 0 Å². The van der Waals surface area contributed by atoms with Crippen molar-refractivity contribution in [3.05, 3.63) is 125 Å². The molecule has 0 heterocycles. The first-order valence-electron chi connectivity index (χ1n) is 15.7. The summed E-state index contributed by atoms with van der Waals surface area (Å²) >= 11 is 0.